The van der Waals surface area contributed by atoms with Gasteiger partial charge in [-0.2, -0.15) is 5.10 Å². The summed E-state index contributed by atoms with van der Waals surface area (Å²) in [6.45, 7) is 3.73. The number of hydrogen-bond donors (Lipinski definition) is 2. The highest BCUT2D eigenvalue weighted by Crippen LogP contribution is 2.11. The van der Waals surface area contributed by atoms with Gasteiger partial charge in [0.25, 0.3) is 0 Å². The molecule has 1 heterocycles. The Morgan fingerprint density at radius 2 is 1.85 bits per heavy atom. The van der Waals surface area contributed by atoms with Crippen molar-refractivity contribution in [2.45, 2.75) is 26.6 Å². The summed E-state index contributed by atoms with van der Waals surface area (Å²) in [6.07, 6.45) is 3.74. The van der Waals surface area contributed by atoms with Crippen molar-refractivity contribution in [3.8, 4) is 0 Å². The summed E-state index contributed by atoms with van der Waals surface area (Å²) in [5, 5.41) is 10.9. The number of aryl methyl sites for hydroxylation is 1. The molecule has 3 aromatic rings. The van der Waals surface area contributed by atoms with Crippen molar-refractivity contribution in [2.24, 2.45) is 4.99 Å². The topological polar surface area (TPSA) is 54.2 Å². The summed E-state index contributed by atoms with van der Waals surface area (Å²) in [5.74, 6) is 0.515. The molecule has 0 unspecified atom stereocenters. The number of rotatable bonds is 6. The van der Waals surface area contributed by atoms with Gasteiger partial charge in [-0.15, -0.1) is 0 Å². The summed E-state index contributed by atoms with van der Waals surface area (Å²) in [7, 11) is 1.74. The van der Waals surface area contributed by atoms with Crippen LogP contribution in [0.5, 0.6) is 0 Å². The second-order valence-electron chi connectivity index (χ2n) is 6.34. The standard InChI is InChI=1S/C21H24FN5/c1-16-12-17(8-9-20(16)22)13-24-21(23-2)25-14-18-6-3-4-7-19(18)15-27-11-5-10-26-27/h3-12H,13-15H2,1-2H3,(H2,23,24,25). The minimum Gasteiger partial charge on any atom is -0.352 e. The highest BCUT2D eigenvalue weighted by atomic mass is 19.1. The van der Waals surface area contributed by atoms with Gasteiger partial charge in [-0.1, -0.05) is 36.4 Å². The third-order valence-electron chi connectivity index (χ3n) is 4.36. The highest BCUT2D eigenvalue weighted by molar-refractivity contribution is 5.79. The lowest BCUT2D eigenvalue weighted by molar-refractivity contribution is 0.617. The predicted octanol–water partition coefficient (Wildman–Crippen LogP) is 3.24. The van der Waals surface area contributed by atoms with Crippen molar-refractivity contribution in [1.82, 2.24) is 20.4 Å². The van der Waals surface area contributed by atoms with Crippen LogP contribution in [0.3, 0.4) is 0 Å². The van der Waals surface area contributed by atoms with Gasteiger partial charge in [0.1, 0.15) is 5.82 Å². The smallest absolute Gasteiger partial charge is 0.191 e. The van der Waals surface area contributed by atoms with Gasteiger partial charge in [0.2, 0.25) is 0 Å². The molecule has 140 valence electrons. The van der Waals surface area contributed by atoms with Crippen molar-refractivity contribution < 1.29 is 4.39 Å². The summed E-state index contributed by atoms with van der Waals surface area (Å²) in [4.78, 5) is 4.27. The van der Waals surface area contributed by atoms with Crippen molar-refractivity contribution >= 4 is 5.96 Å². The van der Waals surface area contributed by atoms with E-state index in [-0.39, 0.29) is 5.82 Å². The van der Waals surface area contributed by atoms with Gasteiger partial charge >= 0.3 is 0 Å². The first-order valence-electron chi connectivity index (χ1n) is 8.89. The van der Waals surface area contributed by atoms with E-state index in [9.17, 15) is 4.39 Å². The first-order chi connectivity index (χ1) is 13.2. The van der Waals surface area contributed by atoms with Crippen LogP contribution in [0.15, 0.2) is 65.9 Å². The lowest BCUT2D eigenvalue weighted by atomic mass is 10.1. The zero-order valence-electron chi connectivity index (χ0n) is 15.6. The fourth-order valence-electron chi connectivity index (χ4n) is 2.85. The average Bonchev–Trinajstić information content (AvgIpc) is 3.19. The Labute approximate surface area is 159 Å². The van der Waals surface area contributed by atoms with E-state index in [0.717, 1.165) is 12.1 Å². The summed E-state index contributed by atoms with van der Waals surface area (Å²) < 4.78 is 15.3. The minimum atomic E-state index is -0.185. The zero-order valence-corrected chi connectivity index (χ0v) is 15.6. The van der Waals surface area contributed by atoms with Gasteiger partial charge in [-0.05, 0) is 41.3 Å². The average molecular weight is 365 g/mol. The van der Waals surface area contributed by atoms with Crippen LogP contribution < -0.4 is 10.6 Å². The van der Waals surface area contributed by atoms with E-state index < -0.39 is 0 Å². The van der Waals surface area contributed by atoms with E-state index in [0.29, 0.717) is 24.6 Å². The van der Waals surface area contributed by atoms with Crippen LogP contribution in [-0.2, 0) is 19.6 Å². The van der Waals surface area contributed by atoms with Crippen molar-refractivity contribution in [2.75, 3.05) is 7.05 Å². The van der Waals surface area contributed by atoms with Crippen LogP contribution in [-0.4, -0.2) is 22.8 Å². The molecule has 0 radical (unpaired) electrons. The van der Waals surface area contributed by atoms with Gasteiger partial charge < -0.3 is 10.6 Å². The quantitative estimate of drug-likeness (QED) is 0.521. The maximum absolute atomic E-state index is 13.4. The number of aliphatic imine (C=N–C) groups is 1. The van der Waals surface area contributed by atoms with Crippen molar-refractivity contribution in [1.29, 1.82) is 0 Å². The lowest BCUT2D eigenvalue weighted by Crippen LogP contribution is -2.36. The molecule has 0 bridgehead atoms. The summed E-state index contributed by atoms with van der Waals surface area (Å²) in [5.41, 5.74) is 4.05. The van der Waals surface area contributed by atoms with Gasteiger partial charge in [0.05, 0.1) is 6.54 Å². The molecule has 0 amide bonds. The normalized spacial score (nSPS) is 11.4. The summed E-state index contributed by atoms with van der Waals surface area (Å²) >= 11 is 0. The molecule has 0 atom stereocenters. The first kappa shape index (κ1) is 18.6. The van der Waals surface area contributed by atoms with Crippen molar-refractivity contribution in [3.05, 3.63) is 89.0 Å². The van der Waals surface area contributed by atoms with Gasteiger partial charge in [-0.3, -0.25) is 9.67 Å². The minimum absolute atomic E-state index is 0.185. The molecule has 0 aliphatic carbocycles. The Hall–Kier alpha value is -3.15. The molecule has 0 fully saturated rings. The second-order valence-corrected chi connectivity index (χ2v) is 6.34. The maximum atomic E-state index is 13.4. The van der Waals surface area contributed by atoms with Crippen LogP contribution in [0.1, 0.15) is 22.3 Å². The number of halogens is 1. The Balaban J connectivity index is 1.59. The molecule has 0 saturated heterocycles. The summed E-state index contributed by atoms with van der Waals surface area (Å²) in [6, 6.07) is 15.3. The number of aromatic nitrogens is 2. The molecule has 0 spiro atoms. The van der Waals surface area contributed by atoms with E-state index in [1.54, 1.807) is 26.2 Å². The molecule has 0 aliphatic heterocycles. The van der Waals surface area contributed by atoms with Crippen LogP contribution in [0.2, 0.25) is 0 Å². The molecule has 3 rings (SSSR count). The number of nitrogens with one attached hydrogen (secondary N) is 2. The second kappa shape index (κ2) is 8.98. The molecular weight excluding hydrogens is 341 g/mol. The molecule has 1 aromatic heterocycles. The van der Waals surface area contributed by atoms with E-state index >= 15 is 0 Å². The third-order valence-corrected chi connectivity index (χ3v) is 4.36. The molecule has 0 aliphatic rings. The Bertz CT molecular complexity index is 903. The van der Waals surface area contributed by atoms with Crippen LogP contribution in [0.25, 0.3) is 0 Å². The number of hydrogen-bond acceptors (Lipinski definition) is 2. The largest absolute Gasteiger partial charge is 0.352 e. The fraction of sp³-hybridized carbons (Fsp3) is 0.238. The fourth-order valence-corrected chi connectivity index (χ4v) is 2.85. The van der Waals surface area contributed by atoms with E-state index in [4.69, 9.17) is 0 Å². The zero-order chi connectivity index (χ0) is 19.1. The highest BCUT2D eigenvalue weighted by Gasteiger charge is 2.05. The molecule has 2 N–H and O–H groups in total. The predicted molar refractivity (Wildman–Crippen MR) is 106 cm³/mol. The van der Waals surface area contributed by atoms with E-state index in [2.05, 4.69) is 32.9 Å². The Morgan fingerprint density at radius 3 is 2.56 bits per heavy atom. The Kier molecular flexibility index (Phi) is 6.20. The molecule has 2 aromatic carbocycles. The number of guanidine groups is 1. The monoisotopic (exact) mass is 365 g/mol. The first-order valence-corrected chi connectivity index (χ1v) is 8.89. The maximum Gasteiger partial charge on any atom is 0.191 e. The molecule has 0 saturated carbocycles. The molecular formula is C21H24FN5. The number of benzene rings is 2. The van der Waals surface area contributed by atoms with Crippen LogP contribution >= 0.6 is 0 Å². The molecule has 27 heavy (non-hydrogen) atoms. The van der Waals surface area contributed by atoms with Crippen LogP contribution in [0, 0.1) is 12.7 Å². The van der Waals surface area contributed by atoms with Crippen molar-refractivity contribution in [3.63, 3.8) is 0 Å². The lowest BCUT2D eigenvalue weighted by Gasteiger charge is -2.15. The Morgan fingerprint density at radius 1 is 1.07 bits per heavy atom. The molecule has 6 heteroatoms. The SMILES string of the molecule is CN=C(NCc1ccc(F)c(C)c1)NCc1ccccc1Cn1cccn1. The van der Waals surface area contributed by atoms with E-state index in [1.807, 2.05) is 35.1 Å². The van der Waals surface area contributed by atoms with E-state index in [1.165, 1.54) is 17.2 Å². The number of nitrogens with zero attached hydrogens (tertiary/aromatic N) is 3. The third kappa shape index (κ3) is 5.17. The molecule has 5 nitrogen and oxygen atoms in total. The van der Waals surface area contributed by atoms with Crippen LogP contribution in [0.4, 0.5) is 4.39 Å². The van der Waals surface area contributed by atoms with Gasteiger partial charge in [0, 0.05) is 32.5 Å². The van der Waals surface area contributed by atoms with Gasteiger partial charge in [-0.25, -0.2) is 4.39 Å². The van der Waals surface area contributed by atoms with Gasteiger partial charge in [0.15, 0.2) is 5.96 Å².